The van der Waals surface area contributed by atoms with Crippen LogP contribution in [0, 0.1) is 0 Å². The Hall–Kier alpha value is -2.89. The Kier molecular flexibility index (Phi) is 6.39. The van der Waals surface area contributed by atoms with Gasteiger partial charge in [0.1, 0.15) is 6.54 Å². The molecule has 5 heteroatoms. The molecule has 3 aromatic rings. The molecule has 0 bridgehead atoms. The normalized spacial score (nSPS) is 15.0. The van der Waals surface area contributed by atoms with Crippen molar-refractivity contribution >= 4 is 34.7 Å². The number of benzene rings is 2. The number of anilines is 2. The van der Waals surface area contributed by atoms with E-state index < -0.39 is 0 Å². The molecule has 0 spiro atoms. The van der Waals surface area contributed by atoms with E-state index >= 15 is 0 Å². The van der Waals surface area contributed by atoms with Gasteiger partial charge in [-0.05, 0) is 41.8 Å². The quantitative estimate of drug-likeness (QED) is 0.619. The molecule has 0 unspecified atom stereocenters. The van der Waals surface area contributed by atoms with Gasteiger partial charge in [-0.15, -0.1) is 11.3 Å². The summed E-state index contributed by atoms with van der Waals surface area (Å²) < 4.78 is 0. The lowest BCUT2D eigenvalue weighted by Crippen LogP contribution is -3.13. The van der Waals surface area contributed by atoms with Gasteiger partial charge in [0.25, 0.3) is 0 Å². The van der Waals surface area contributed by atoms with E-state index in [9.17, 15) is 4.79 Å². The number of amides is 1. The van der Waals surface area contributed by atoms with Crippen molar-refractivity contribution in [2.75, 3.05) is 36.4 Å². The van der Waals surface area contributed by atoms with Gasteiger partial charge in [-0.1, -0.05) is 36.4 Å². The van der Waals surface area contributed by atoms with E-state index in [-0.39, 0.29) is 5.91 Å². The lowest BCUT2D eigenvalue weighted by molar-refractivity contribution is -0.914. The molecule has 1 saturated heterocycles. The predicted octanol–water partition coefficient (Wildman–Crippen LogP) is 3.31. The molecule has 2 heterocycles. The number of nitrogens with zero attached hydrogens (tertiary/aromatic N) is 1. The molecule has 1 fully saturated rings. The number of hydrogen-bond donors (Lipinski definition) is 2. The SMILES string of the molecule is O=C(/C=C/c1cccs1)Nc1ccc(N2CC[NH+](Cc3ccccc3)CC2)cc1. The van der Waals surface area contributed by atoms with Crippen LogP contribution >= 0.6 is 11.3 Å². The minimum Gasteiger partial charge on any atom is -0.360 e. The van der Waals surface area contributed by atoms with Crippen LogP contribution in [-0.4, -0.2) is 32.1 Å². The number of nitrogens with one attached hydrogen (secondary N) is 2. The maximum Gasteiger partial charge on any atom is 0.248 e. The van der Waals surface area contributed by atoms with Crippen LogP contribution in [0.2, 0.25) is 0 Å². The first-order chi connectivity index (χ1) is 14.3. The molecule has 2 aromatic carbocycles. The highest BCUT2D eigenvalue weighted by Gasteiger charge is 2.20. The molecule has 1 amide bonds. The third-order valence-corrected chi connectivity index (χ3v) is 6.05. The maximum absolute atomic E-state index is 12.1. The summed E-state index contributed by atoms with van der Waals surface area (Å²) in [5.74, 6) is -0.107. The van der Waals surface area contributed by atoms with Crippen LogP contribution in [-0.2, 0) is 11.3 Å². The Morgan fingerprint density at radius 3 is 2.45 bits per heavy atom. The van der Waals surface area contributed by atoms with Crippen molar-refractivity contribution in [3.63, 3.8) is 0 Å². The largest absolute Gasteiger partial charge is 0.360 e. The van der Waals surface area contributed by atoms with Crippen molar-refractivity contribution in [1.29, 1.82) is 0 Å². The molecule has 1 aromatic heterocycles. The second-order valence-electron chi connectivity index (χ2n) is 7.28. The van der Waals surface area contributed by atoms with E-state index in [4.69, 9.17) is 0 Å². The summed E-state index contributed by atoms with van der Waals surface area (Å²) in [5, 5.41) is 4.92. The standard InChI is InChI=1S/C24H25N3OS/c28-24(13-12-23-7-4-18-29-23)25-21-8-10-22(11-9-21)27-16-14-26(15-17-27)19-20-5-2-1-3-6-20/h1-13,18H,14-17,19H2,(H,25,28)/p+1/b13-12+. The number of carbonyl (C=O) groups excluding carboxylic acids is 1. The van der Waals surface area contributed by atoms with Crippen LogP contribution in [0.5, 0.6) is 0 Å². The van der Waals surface area contributed by atoms with Gasteiger partial charge in [0.2, 0.25) is 5.91 Å². The van der Waals surface area contributed by atoms with Crippen molar-refractivity contribution < 1.29 is 9.69 Å². The van der Waals surface area contributed by atoms with Gasteiger partial charge in [-0.3, -0.25) is 4.79 Å². The first-order valence-corrected chi connectivity index (χ1v) is 10.9. The van der Waals surface area contributed by atoms with E-state index in [0.29, 0.717) is 0 Å². The summed E-state index contributed by atoms with van der Waals surface area (Å²) >= 11 is 1.62. The van der Waals surface area contributed by atoms with Gasteiger partial charge < -0.3 is 15.1 Å². The topological polar surface area (TPSA) is 36.8 Å². The summed E-state index contributed by atoms with van der Waals surface area (Å²) in [5.41, 5.74) is 3.45. The molecule has 0 radical (unpaired) electrons. The summed E-state index contributed by atoms with van der Waals surface area (Å²) in [6.07, 6.45) is 3.42. The molecule has 4 rings (SSSR count). The van der Waals surface area contributed by atoms with Gasteiger partial charge >= 0.3 is 0 Å². The van der Waals surface area contributed by atoms with Crippen LogP contribution in [0.1, 0.15) is 10.4 Å². The second kappa shape index (κ2) is 9.54. The van der Waals surface area contributed by atoms with Crippen LogP contribution in [0.4, 0.5) is 11.4 Å². The minimum atomic E-state index is -0.107. The zero-order valence-electron chi connectivity index (χ0n) is 16.4. The number of piperazine rings is 1. The van der Waals surface area contributed by atoms with Crippen molar-refractivity contribution in [3.05, 3.63) is 88.6 Å². The molecule has 29 heavy (non-hydrogen) atoms. The fraction of sp³-hybridized carbons (Fsp3) is 0.208. The summed E-state index contributed by atoms with van der Waals surface area (Å²) in [4.78, 5) is 17.2. The molecule has 0 aliphatic carbocycles. The van der Waals surface area contributed by atoms with Gasteiger partial charge in [0, 0.05) is 27.9 Å². The summed E-state index contributed by atoms with van der Waals surface area (Å²) in [6, 6.07) is 22.8. The monoisotopic (exact) mass is 404 g/mol. The van der Waals surface area contributed by atoms with E-state index in [1.54, 1.807) is 22.3 Å². The number of thiophene rings is 1. The Morgan fingerprint density at radius 2 is 1.76 bits per heavy atom. The van der Waals surface area contributed by atoms with Crippen molar-refractivity contribution in [3.8, 4) is 0 Å². The number of quaternary nitrogens is 1. The summed E-state index contributed by atoms with van der Waals surface area (Å²) in [6.45, 7) is 5.48. The Morgan fingerprint density at radius 1 is 1.00 bits per heavy atom. The highest BCUT2D eigenvalue weighted by Crippen LogP contribution is 2.18. The van der Waals surface area contributed by atoms with Gasteiger partial charge in [0.15, 0.2) is 0 Å². The average molecular weight is 405 g/mol. The average Bonchev–Trinajstić information content (AvgIpc) is 3.28. The zero-order valence-corrected chi connectivity index (χ0v) is 17.2. The first-order valence-electron chi connectivity index (χ1n) is 10.0. The molecule has 4 nitrogen and oxygen atoms in total. The van der Waals surface area contributed by atoms with Gasteiger partial charge in [-0.25, -0.2) is 0 Å². The smallest absolute Gasteiger partial charge is 0.248 e. The van der Waals surface area contributed by atoms with Crippen LogP contribution in [0.3, 0.4) is 0 Å². The minimum absolute atomic E-state index is 0.107. The number of rotatable bonds is 6. The number of hydrogen-bond acceptors (Lipinski definition) is 3. The maximum atomic E-state index is 12.1. The summed E-state index contributed by atoms with van der Waals surface area (Å²) in [7, 11) is 0. The molecule has 1 aliphatic heterocycles. The second-order valence-corrected chi connectivity index (χ2v) is 8.26. The third kappa shape index (κ3) is 5.56. The Labute approximate surface area is 176 Å². The van der Waals surface area contributed by atoms with Crippen LogP contribution < -0.4 is 15.1 Å². The van der Waals surface area contributed by atoms with Gasteiger partial charge in [-0.2, -0.15) is 0 Å². The molecular weight excluding hydrogens is 378 g/mol. The molecular formula is C24H26N3OS+. The molecule has 148 valence electrons. The highest BCUT2D eigenvalue weighted by molar-refractivity contribution is 7.10. The molecule has 0 atom stereocenters. The van der Waals surface area contributed by atoms with Gasteiger partial charge in [0.05, 0.1) is 26.2 Å². The fourth-order valence-corrected chi connectivity index (χ4v) is 4.24. The van der Waals surface area contributed by atoms with Crippen molar-refractivity contribution in [2.45, 2.75) is 6.54 Å². The lowest BCUT2D eigenvalue weighted by Gasteiger charge is -2.33. The zero-order chi connectivity index (χ0) is 19.9. The lowest BCUT2D eigenvalue weighted by atomic mass is 10.2. The van der Waals surface area contributed by atoms with E-state index in [1.165, 1.54) is 11.3 Å². The molecule has 2 N–H and O–H groups in total. The van der Waals surface area contributed by atoms with Crippen molar-refractivity contribution in [1.82, 2.24) is 0 Å². The molecule has 1 aliphatic rings. The van der Waals surface area contributed by atoms with Crippen molar-refractivity contribution in [2.24, 2.45) is 0 Å². The Bertz CT molecular complexity index is 928. The fourth-order valence-electron chi connectivity index (χ4n) is 3.63. The first kappa shape index (κ1) is 19.4. The molecule has 0 saturated carbocycles. The van der Waals surface area contributed by atoms with Crippen LogP contribution in [0.25, 0.3) is 6.08 Å². The highest BCUT2D eigenvalue weighted by atomic mass is 32.1. The van der Waals surface area contributed by atoms with E-state index in [2.05, 4.69) is 52.7 Å². The predicted molar refractivity (Wildman–Crippen MR) is 121 cm³/mol. The van der Waals surface area contributed by atoms with E-state index in [0.717, 1.165) is 43.3 Å². The van der Waals surface area contributed by atoms with E-state index in [1.807, 2.05) is 35.7 Å². The third-order valence-electron chi connectivity index (χ3n) is 5.21. The van der Waals surface area contributed by atoms with Crippen LogP contribution in [0.15, 0.2) is 78.2 Å². The number of carbonyl (C=O) groups is 1. The Balaban J connectivity index is 1.27.